The first-order valence-electron chi connectivity index (χ1n) is 14.4. The molecular formula is C30H39NO6. The Kier molecular flexibility index (Phi) is 4.21. The molecule has 8 rings (SSSR count). The molecule has 200 valence electrons. The van der Waals surface area contributed by atoms with Crippen LogP contribution in [0.4, 0.5) is 0 Å². The lowest BCUT2D eigenvalue weighted by molar-refractivity contribution is -0.293. The highest BCUT2D eigenvalue weighted by molar-refractivity contribution is 5.94. The normalized spacial score (nSPS) is 57.3. The van der Waals surface area contributed by atoms with Gasteiger partial charge < -0.3 is 24.2 Å². The first-order chi connectivity index (χ1) is 17.5. The quantitative estimate of drug-likeness (QED) is 0.500. The molecule has 0 amide bonds. The Morgan fingerprint density at radius 3 is 2.73 bits per heavy atom. The number of fused-ring (bicyclic) bond motifs is 5. The summed E-state index contributed by atoms with van der Waals surface area (Å²) in [6.07, 6.45) is 9.42. The highest BCUT2D eigenvalue weighted by Crippen LogP contribution is 2.78. The average Bonchev–Trinajstić information content (AvgIpc) is 3.43. The van der Waals surface area contributed by atoms with E-state index >= 15 is 0 Å². The third kappa shape index (κ3) is 2.43. The van der Waals surface area contributed by atoms with Crippen LogP contribution in [0.25, 0.3) is 0 Å². The first kappa shape index (κ1) is 23.2. The van der Waals surface area contributed by atoms with Crippen molar-refractivity contribution < 1.29 is 28.9 Å². The van der Waals surface area contributed by atoms with Gasteiger partial charge in [-0.1, -0.05) is 32.4 Å². The van der Waals surface area contributed by atoms with E-state index in [1.807, 2.05) is 13.8 Å². The molecule has 4 bridgehead atoms. The molecule has 2 spiro atoms. The van der Waals surface area contributed by atoms with Gasteiger partial charge in [0.15, 0.2) is 11.6 Å². The Labute approximate surface area is 218 Å². The molecule has 7 nitrogen and oxygen atoms in total. The van der Waals surface area contributed by atoms with E-state index in [0.29, 0.717) is 19.1 Å². The smallest absolute Gasteiger partial charge is 0.306 e. The zero-order valence-electron chi connectivity index (χ0n) is 22.4. The van der Waals surface area contributed by atoms with Crippen LogP contribution in [0.3, 0.4) is 0 Å². The van der Waals surface area contributed by atoms with Crippen LogP contribution in [0.1, 0.15) is 66.2 Å². The van der Waals surface area contributed by atoms with E-state index in [9.17, 15) is 14.7 Å². The summed E-state index contributed by atoms with van der Waals surface area (Å²) in [4.78, 5) is 29.0. The summed E-state index contributed by atoms with van der Waals surface area (Å²) >= 11 is 0. The maximum Gasteiger partial charge on any atom is 0.306 e. The van der Waals surface area contributed by atoms with Gasteiger partial charge in [0.1, 0.15) is 5.72 Å². The molecule has 0 radical (unpaired) electrons. The van der Waals surface area contributed by atoms with Crippen LogP contribution in [0.5, 0.6) is 0 Å². The molecule has 7 heteroatoms. The predicted molar refractivity (Wildman–Crippen MR) is 132 cm³/mol. The molecule has 0 aromatic heterocycles. The van der Waals surface area contributed by atoms with E-state index in [4.69, 9.17) is 14.2 Å². The number of allylic oxidation sites excluding steroid dienone is 3. The highest BCUT2D eigenvalue weighted by Gasteiger charge is 2.81. The molecule has 8 aliphatic rings. The van der Waals surface area contributed by atoms with Gasteiger partial charge in [-0.05, 0) is 56.9 Å². The van der Waals surface area contributed by atoms with Gasteiger partial charge in [-0.3, -0.25) is 9.59 Å². The van der Waals surface area contributed by atoms with Crippen molar-refractivity contribution in [3.8, 4) is 0 Å². The number of carbonyl (C=O) groups is 2. The van der Waals surface area contributed by atoms with Crippen molar-refractivity contribution in [2.75, 3.05) is 19.8 Å². The number of rotatable bonds is 0. The minimum absolute atomic E-state index is 0.0251. The van der Waals surface area contributed by atoms with Crippen molar-refractivity contribution in [3.05, 3.63) is 23.4 Å². The third-order valence-corrected chi connectivity index (χ3v) is 12.6. The number of piperidine rings is 1. The van der Waals surface area contributed by atoms with Gasteiger partial charge >= 0.3 is 5.97 Å². The maximum absolute atomic E-state index is 13.5. The molecule has 11 atom stereocenters. The van der Waals surface area contributed by atoms with E-state index in [1.54, 1.807) is 6.08 Å². The summed E-state index contributed by atoms with van der Waals surface area (Å²) in [7, 11) is 0. The molecule has 1 saturated carbocycles. The minimum atomic E-state index is -1.48. The van der Waals surface area contributed by atoms with Crippen LogP contribution in [0.2, 0.25) is 0 Å². The molecule has 0 unspecified atom stereocenters. The second-order valence-corrected chi connectivity index (χ2v) is 14.3. The summed E-state index contributed by atoms with van der Waals surface area (Å²) < 4.78 is 19.1. The topological polar surface area (TPSA) is 85.3 Å². The van der Waals surface area contributed by atoms with Crippen molar-refractivity contribution >= 4 is 11.8 Å². The molecule has 0 aromatic rings. The van der Waals surface area contributed by atoms with Crippen molar-refractivity contribution in [2.45, 2.75) is 83.8 Å². The number of hydrogen-bond acceptors (Lipinski definition) is 7. The van der Waals surface area contributed by atoms with Crippen molar-refractivity contribution in [1.29, 1.82) is 0 Å². The number of ketones is 1. The number of aliphatic hydroxyl groups is 1. The van der Waals surface area contributed by atoms with Crippen molar-refractivity contribution in [2.24, 2.45) is 45.8 Å². The maximum atomic E-state index is 13.5. The summed E-state index contributed by atoms with van der Waals surface area (Å²) in [5, 5.41) is 12.5. The highest BCUT2D eigenvalue weighted by atomic mass is 16.6. The number of esters is 1. The van der Waals surface area contributed by atoms with Gasteiger partial charge in [0, 0.05) is 46.2 Å². The predicted octanol–water partition coefficient (Wildman–Crippen LogP) is 3.57. The molecule has 6 fully saturated rings. The standard InChI is InChI=1S/C30H39NO6/c1-16-8-20-24(21(32)9-16)18(3)30(34)25-27(20,14-36-30)11-22-26(4,28(25)12-23(33)35-15-28)5-6-29-10-17(2)7-19(37-29)13-31(22)29/h9,11,17-20,24-25,34H,5-8,10,12-15H2,1-4H3/t17-,18+,19+,20+,24-,25-,26+,27+,28+,29-,30-/m0/s1. The van der Waals surface area contributed by atoms with E-state index in [2.05, 4.69) is 24.8 Å². The fourth-order valence-corrected chi connectivity index (χ4v) is 11.1. The molecule has 3 aliphatic carbocycles. The van der Waals surface area contributed by atoms with E-state index in [1.165, 1.54) is 5.70 Å². The van der Waals surface area contributed by atoms with E-state index in [-0.39, 0.29) is 59.1 Å². The Morgan fingerprint density at radius 1 is 1.16 bits per heavy atom. The molecule has 1 N–H and O–H groups in total. The van der Waals surface area contributed by atoms with Crippen molar-refractivity contribution in [1.82, 2.24) is 4.90 Å². The minimum Gasteiger partial charge on any atom is -0.465 e. The Balaban J connectivity index is 1.39. The van der Waals surface area contributed by atoms with E-state index in [0.717, 1.165) is 44.2 Å². The fourth-order valence-electron chi connectivity index (χ4n) is 11.1. The zero-order chi connectivity index (χ0) is 25.8. The van der Waals surface area contributed by atoms with Gasteiger partial charge in [-0.2, -0.15) is 0 Å². The molecule has 37 heavy (non-hydrogen) atoms. The summed E-state index contributed by atoms with van der Waals surface area (Å²) in [5.74, 6) is -1.88. The van der Waals surface area contributed by atoms with Crippen LogP contribution in [-0.2, 0) is 23.8 Å². The summed E-state index contributed by atoms with van der Waals surface area (Å²) in [5.41, 5.74) is 0.558. The van der Waals surface area contributed by atoms with Gasteiger partial charge in [-0.15, -0.1) is 0 Å². The van der Waals surface area contributed by atoms with E-state index < -0.39 is 16.6 Å². The first-order valence-corrected chi connectivity index (χ1v) is 14.4. The van der Waals surface area contributed by atoms with Crippen LogP contribution in [-0.4, -0.2) is 59.1 Å². The van der Waals surface area contributed by atoms with Crippen LogP contribution < -0.4 is 0 Å². The lowest BCUT2D eigenvalue weighted by Crippen LogP contribution is -2.71. The third-order valence-electron chi connectivity index (χ3n) is 12.6. The van der Waals surface area contributed by atoms with Gasteiger partial charge in [0.05, 0.1) is 25.7 Å². The lowest BCUT2D eigenvalue weighted by Gasteiger charge is -2.68. The Bertz CT molecular complexity index is 1190. The van der Waals surface area contributed by atoms with Crippen LogP contribution in [0.15, 0.2) is 23.4 Å². The zero-order valence-corrected chi connectivity index (χ0v) is 22.4. The second kappa shape index (κ2) is 6.71. The molecular weight excluding hydrogens is 470 g/mol. The average molecular weight is 510 g/mol. The van der Waals surface area contributed by atoms with Crippen molar-refractivity contribution in [3.63, 3.8) is 0 Å². The monoisotopic (exact) mass is 509 g/mol. The number of ether oxygens (including phenoxy) is 3. The molecule has 0 aromatic carbocycles. The Hall–Kier alpha value is -1.70. The second-order valence-electron chi connectivity index (χ2n) is 14.3. The number of nitrogens with zero attached hydrogens (tertiary/aromatic N) is 1. The fraction of sp³-hybridized carbons (Fsp3) is 0.800. The number of carbonyl (C=O) groups excluding carboxylic acids is 2. The molecule has 5 saturated heterocycles. The van der Waals surface area contributed by atoms with Crippen LogP contribution in [0, 0.1) is 45.8 Å². The van der Waals surface area contributed by atoms with Gasteiger partial charge in [0.2, 0.25) is 0 Å². The molecule has 5 aliphatic heterocycles. The summed E-state index contributed by atoms with van der Waals surface area (Å²) in [6, 6.07) is 0. The number of hydrogen-bond donors (Lipinski definition) is 1. The largest absolute Gasteiger partial charge is 0.465 e. The Morgan fingerprint density at radius 2 is 1.97 bits per heavy atom. The lowest BCUT2D eigenvalue weighted by atomic mass is 9.37. The summed E-state index contributed by atoms with van der Waals surface area (Å²) in [6.45, 7) is 10.2. The molecule has 5 heterocycles. The van der Waals surface area contributed by atoms with Crippen LogP contribution >= 0.6 is 0 Å². The van der Waals surface area contributed by atoms with Gasteiger partial charge in [-0.25, -0.2) is 0 Å². The SMILES string of the molecule is CC1=CC(=O)[C@@H]2[C@@H](C1)[C@]13C=C4N5C[C@H]6C[C@H](C)C[C@]5(CC[C@@]4(C)[C@]4(COC(=O)C4)[C@H]1[C@@](O)(OC3)[C@@H]2C)O6. The number of cyclic esters (lactones) is 1. The van der Waals surface area contributed by atoms with Gasteiger partial charge in [0.25, 0.3) is 0 Å².